The van der Waals surface area contributed by atoms with Crippen molar-refractivity contribution in [1.82, 2.24) is 15.5 Å². The monoisotopic (exact) mass is 355 g/mol. The van der Waals surface area contributed by atoms with Gasteiger partial charge in [0, 0.05) is 30.5 Å². The molecule has 0 bridgehead atoms. The molecule has 1 aliphatic carbocycles. The molecule has 0 aromatic heterocycles. The van der Waals surface area contributed by atoms with Crippen LogP contribution in [0.15, 0.2) is 18.2 Å². The minimum atomic E-state index is -0.606. The lowest BCUT2D eigenvalue weighted by Crippen LogP contribution is -2.52. The molecule has 1 aromatic carbocycles. The summed E-state index contributed by atoms with van der Waals surface area (Å²) in [7, 11) is 0. The summed E-state index contributed by atoms with van der Waals surface area (Å²) in [4.78, 5) is 49.7. The van der Waals surface area contributed by atoms with Crippen molar-refractivity contribution in [3.63, 3.8) is 0 Å². The van der Waals surface area contributed by atoms with Crippen molar-refractivity contribution in [1.29, 1.82) is 0 Å². The molecule has 2 N–H and O–H groups in total. The molecule has 1 saturated heterocycles. The van der Waals surface area contributed by atoms with Gasteiger partial charge in [-0.15, -0.1) is 0 Å². The van der Waals surface area contributed by atoms with Crippen molar-refractivity contribution in [2.45, 2.75) is 51.7 Å². The molecular weight excluding hydrogens is 334 g/mol. The number of hydrogen-bond acceptors (Lipinski definition) is 4. The Labute approximate surface area is 151 Å². The van der Waals surface area contributed by atoms with Gasteiger partial charge < -0.3 is 10.2 Å². The van der Waals surface area contributed by atoms with Crippen LogP contribution in [0.5, 0.6) is 0 Å². The molecule has 0 radical (unpaired) electrons. The van der Waals surface area contributed by atoms with E-state index in [-0.39, 0.29) is 29.6 Å². The minimum absolute atomic E-state index is 0.0505. The zero-order valence-electron chi connectivity index (χ0n) is 14.6. The number of fused-ring (bicyclic) bond motifs is 1. The maximum Gasteiger partial charge on any atom is 0.255 e. The van der Waals surface area contributed by atoms with Gasteiger partial charge in [0.05, 0.1) is 0 Å². The van der Waals surface area contributed by atoms with Gasteiger partial charge in [-0.3, -0.25) is 24.5 Å². The molecule has 2 fully saturated rings. The van der Waals surface area contributed by atoms with Gasteiger partial charge in [0.2, 0.25) is 17.7 Å². The van der Waals surface area contributed by atoms with Crippen LogP contribution in [0, 0.1) is 5.41 Å². The summed E-state index contributed by atoms with van der Waals surface area (Å²) in [5.41, 5.74) is 2.07. The number of carbonyl (C=O) groups excluding carboxylic acids is 4. The Bertz CT molecular complexity index is 828. The molecule has 7 heteroatoms. The number of piperidine rings is 1. The first kappa shape index (κ1) is 16.8. The van der Waals surface area contributed by atoms with Crippen LogP contribution >= 0.6 is 0 Å². The number of carbonyl (C=O) groups is 4. The first-order chi connectivity index (χ1) is 12.4. The lowest BCUT2D eigenvalue weighted by molar-refractivity contribution is -0.137. The molecule has 2 heterocycles. The first-order valence-electron chi connectivity index (χ1n) is 8.92. The van der Waals surface area contributed by atoms with E-state index in [2.05, 4.69) is 10.6 Å². The van der Waals surface area contributed by atoms with Gasteiger partial charge in [-0.1, -0.05) is 19.1 Å². The van der Waals surface area contributed by atoms with Gasteiger partial charge in [-0.25, -0.2) is 0 Å². The van der Waals surface area contributed by atoms with Crippen LogP contribution in [0.25, 0.3) is 0 Å². The molecule has 136 valence electrons. The summed E-state index contributed by atoms with van der Waals surface area (Å²) in [6, 6.07) is 4.96. The second kappa shape index (κ2) is 5.93. The summed E-state index contributed by atoms with van der Waals surface area (Å²) in [5, 5.41) is 5.23. The molecule has 26 heavy (non-hydrogen) atoms. The predicted molar refractivity (Wildman–Crippen MR) is 91.7 cm³/mol. The number of benzene rings is 1. The highest BCUT2D eigenvalue weighted by molar-refractivity contribution is 6.05. The topological polar surface area (TPSA) is 95.6 Å². The van der Waals surface area contributed by atoms with Crippen molar-refractivity contribution in [2.75, 3.05) is 0 Å². The second-order valence-corrected chi connectivity index (χ2v) is 7.63. The van der Waals surface area contributed by atoms with Gasteiger partial charge in [0.15, 0.2) is 0 Å². The van der Waals surface area contributed by atoms with Gasteiger partial charge in [0.1, 0.15) is 6.04 Å². The third-order valence-corrected chi connectivity index (χ3v) is 5.59. The van der Waals surface area contributed by atoms with E-state index in [1.54, 1.807) is 6.07 Å². The highest BCUT2D eigenvalue weighted by Crippen LogP contribution is 2.45. The highest BCUT2D eigenvalue weighted by Gasteiger charge is 2.44. The molecule has 4 rings (SSSR count). The van der Waals surface area contributed by atoms with E-state index in [0.29, 0.717) is 25.1 Å². The Morgan fingerprint density at radius 1 is 1.31 bits per heavy atom. The van der Waals surface area contributed by atoms with Crippen molar-refractivity contribution in [3.05, 3.63) is 34.9 Å². The van der Waals surface area contributed by atoms with E-state index < -0.39 is 11.9 Å². The molecule has 7 nitrogen and oxygen atoms in total. The highest BCUT2D eigenvalue weighted by atomic mass is 16.2. The van der Waals surface area contributed by atoms with E-state index in [9.17, 15) is 19.2 Å². The smallest absolute Gasteiger partial charge is 0.255 e. The Kier molecular flexibility index (Phi) is 3.82. The van der Waals surface area contributed by atoms with Crippen LogP contribution in [-0.2, 0) is 27.5 Å². The van der Waals surface area contributed by atoms with E-state index in [0.717, 1.165) is 24.0 Å². The Balaban J connectivity index is 1.46. The van der Waals surface area contributed by atoms with Crippen LogP contribution in [0.2, 0.25) is 0 Å². The molecular formula is C19H21N3O4. The van der Waals surface area contributed by atoms with Gasteiger partial charge in [-0.2, -0.15) is 0 Å². The Hall–Kier alpha value is -2.70. The average Bonchev–Trinajstić information content (AvgIpc) is 3.29. The predicted octanol–water partition coefficient (Wildman–Crippen LogP) is 0.864. The van der Waals surface area contributed by atoms with Gasteiger partial charge >= 0.3 is 0 Å². The molecule has 2 aliphatic heterocycles. The zero-order valence-corrected chi connectivity index (χ0v) is 14.6. The molecule has 1 atom stereocenters. The average molecular weight is 355 g/mol. The van der Waals surface area contributed by atoms with Crippen molar-refractivity contribution >= 4 is 23.6 Å². The van der Waals surface area contributed by atoms with Gasteiger partial charge in [0.25, 0.3) is 5.91 Å². The Morgan fingerprint density at radius 2 is 2.08 bits per heavy atom. The lowest BCUT2D eigenvalue weighted by Gasteiger charge is -2.29. The van der Waals surface area contributed by atoms with Crippen LogP contribution in [0.1, 0.15) is 54.1 Å². The number of nitrogens with one attached hydrogen (secondary N) is 2. The van der Waals surface area contributed by atoms with E-state index in [1.165, 1.54) is 4.90 Å². The molecule has 1 aromatic rings. The van der Waals surface area contributed by atoms with Gasteiger partial charge in [-0.05, 0) is 36.5 Å². The third kappa shape index (κ3) is 2.87. The molecule has 4 amide bonds. The van der Waals surface area contributed by atoms with Crippen LogP contribution in [0.4, 0.5) is 0 Å². The van der Waals surface area contributed by atoms with Crippen molar-refractivity contribution < 1.29 is 19.2 Å². The quantitative estimate of drug-likeness (QED) is 0.783. The fraction of sp³-hybridized carbons (Fsp3) is 0.474. The minimum Gasteiger partial charge on any atom is -0.352 e. The Morgan fingerprint density at radius 3 is 2.77 bits per heavy atom. The molecule has 3 aliphatic rings. The largest absolute Gasteiger partial charge is 0.352 e. The summed E-state index contributed by atoms with van der Waals surface area (Å²) in [6.45, 7) is 2.70. The normalized spacial score (nSPS) is 23.5. The second-order valence-electron chi connectivity index (χ2n) is 7.63. The number of amides is 4. The molecule has 0 spiro atoms. The zero-order chi connectivity index (χ0) is 18.5. The van der Waals surface area contributed by atoms with Crippen LogP contribution in [0.3, 0.4) is 0 Å². The standard InChI is InChI=1S/C19H21N3O4/c1-19(6-7-19)18(26)20-9-11-2-3-12-10-22(17(25)13(12)8-11)14-4-5-15(23)21-16(14)24/h2-3,8,14H,4-7,9-10H2,1H3,(H,20,26)(H,21,23,24). The third-order valence-electron chi connectivity index (χ3n) is 5.59. The van der Waals surface area contributed by atoms with Crippen LogP contribution in [-0.4, -0.2) is 34.6 Å². The SMILES string of the molecule is CC1(C(=O)NCc2ccc3c(c2)C(=O)N(C2CCC(=O)NC2=O)C3)CC1. The van der Waals surface area contributed by atoms with E-state index in [4.69, 9.17) is 0 Å². The van der Waals surface area contributed by atoms with E-state index >= 15 is 0 Å². The fourth-order valence-corrected chi connectivity index (χ4v) is 3.52. The number of rotatable bonds is 4. The maximum absolute atomic E-state index is 12.8. The molecule has 1 saturated carbocycles. The first-order valence-corrected chi connectivity index (χ1v) is 8.92. The number of imide groups is 1. The number of hydrogen-bond donors (Lipinski definition) is 2. The maximum atomic E-state index is 12.8. The summed E-state index contributed by atoms with van der Waals surface area (Å²) in [5.74, 6) is -0.850. The molecule has 1 unspecified atom stereocenters. The van der Waals surface area contributed by atoms with Crippen molar-refractivity contribution in [3.8, 4) is 0 Å². The summed E-state index contributed by atoms with van der Waals surface area (Å²) >= 11 is 0. The van der Waals surface area contributed by atoms with E-state index in [1.807, 2.05) is 19.1 Å². The number of nitrogens with zero attached hydrogens (tertiary/aromatic N) is 1. The lowest BCUT2D eigenvalue weighted by atomic mass is 10.0. The van der Waals surface area contributed by atoms with Crippen LogP contribution < -0.4 is 10.6 Å². The summed E-state index contributed by atoms with van der Waals surface area (Å²) in [6.07, 6.45) is 2.43. The summed E-state index contributed by atoms with van der Waals surface area (Å²) < 4.78 is 0. The van der Waals surface area contributed by atoms with Crippen molar-refractivity contribution in [2.24, 2.45) is 5.41 Å². The fourth-order valence-electron chi connectivity index (χ4n) is 3.52.